The molecule has 0 aliphatic carbocycles. The van der Waals surface area contributed by atoms with Gasteiger partial charge in [-0.1, -0.05) is 18.2 Å². The summed E-state index contributed by atoms with van der Waals surface area (Å²) in [6, 6.07) is 12.9. The van der Waals surface area contributed by atoms with Gasteiger partial charge in [0.15, 0.2) is 0 Å². The van der Waals surface area contributed by atoms with E-state index in [-0.39, 0.29) is 0 Å². The third kappa shape index (κ3) is 3.50. The number of hydrogen-bond acceptors (Lipinski definition) is 3. The quantitative estimate of drug-likeness (QED) is 0.743. The summed E-state index contributed by atoms with van der Waals surface area (Å²) in [5, 5.41) is 6.06. The Labute approximate surface area is 125 Å². The van der Waals surface area contributed by atoms with Crippen molar-refractivity contribution < 1.29 is 4.42 Å². The highest BCUT2D eigenvalue weighted by Crippen LogP contribution is 2.17. The summed E-state index contributed by atoms with van der Waals surface area (Å²) < 4.78 is 5.37. The second-order valence-corrected chi connectivity index (χ2v) is 5.41. The first kappa shape index (κ1) is 13.8. The van der Waals surface area contributed by atoms with Gasteiger partial charge in [0, 0.05) is 36.8 Å². The highest BCUT2D eigenvalue weighted by molar-refractivity contribution is 5.84. The SMILES string of the molecule is CC(CCc1ccco1)NCc1cccc2cnccc12. The van der Waals surface area contributed by atoms with Crippen molar-refractivity contribution in [2.45, 2.75) is 32.4 Å². The van der Waals surface area contributed by atoms with Gasteiger partial charge in [-0.25, -0.2) is 0 Å². The average Bonchev–Trinajstić information content (AvgIpc) is 3.04. The van der Waals surface area contributed by atoms with Gasteiger partial charge in [-0.15, -0.1) is 0 Å². The fourth-order valence-corrected chi connectivity index (χ4v) is 2.54. The molecular weight excluding hydrogens is 260 g/mol. The molecule has 0 bridgehead atoms. The second-order valence-electron chi connectivity index (χ2n) is 5.41. The zero-order valence-electron chi connectivity index (χ0n) is 12.3. The highest BCUT2D eigenvalue weighted by Gasteiger charge is 2.05. The van der Waals surface area contributed by atoms with Crippen molar-refractivity contribution in [1.29, 1.82) is 0 Å². The van der Waals surface area contributed by atoms with Crippen LogP contribution in [0.5, 0.6) is 0 Å². The van der Waals surface area contributed by atoms with Crippen molar-refractivity contribution in [2.24, 2.45) is 0 Å². The lowest BCUT2D eigenvalue weighted by atomic mass is 10.1. The zero-order chi connectivity index (χ0) is 14.5. The summed E-state index contributed by atoms with van der Waals surface area (Å²) in [5.41, 5.74) is 1.32. The summed E-state index contributed by atoms with van der Waals surface area (Å²) in [4.78, 5) is 4.18. The van der Waals surface area contributed by atoms with Gasteiger partial charge in [0.2, 0.25) is 0 Å². The van der Waals surface area contributed by atoms with E-state index in [9.17, 15) is 0 Å². The van der Waals surface area contributed by atoms with Crippen molar-refractivity contribution in [3.8, 4) is 0 Å². The molecule has 0 saturated carbocycles. The number of rotatable bonds is 6. The van der Waals surface area contributed by atoms with E-state index in [4.69, 9.17) is 4.42 Å². The van der Waals surface area contributed by atoms with Gasteiger partial charge in [0.1, 0.15) is 5.76 Å². The normalized spacial score (nSPS) is 12.6. The predicted octanol–water partition coefficient (Wildman–Crippen LogP) is 3.94. The maximum atomic E-state index is 5.37. The molecule has 0 aliphatic heterocycles. The first-order chi connectivity index (χ1) is 10.3. The first-order valence-electron chi connectivity index (χ1n) is 7.40. The van der Waals surface area contributed by atoms with E-state index in [2.05, 4.69) is 41.5 Å². The maximum Gasteiger partial charge on any atom is 0.103 e. The molecule has 3 aromatic rings. The number of fused-ring (bicyclic) bond motifs is 1. The summed E-state index contributed by atoms with van der Waals surface area (Å²) in [7, 11) is 0. The van der Waals surface area contributed by atoms with Crippen molar-refractivity contribution in [3.05, 3.63) is 66.4 Å². The van der Waals surface area contributed by atoms with Gasteiger partial charge in [-0.05, 0) is 42.5 Å². The van der Waals surface area contributed by atoms with Crippen LogP contribution in [-0.4, -0.2) is 11.0 Å². The smallest absolute Gasteiger partial charge is 0.103 e. The molecule has 0 spiro atoms. The molecule has 0 amide bonds. The number of furan rings is 1. The molecule has 0 fully saturated rings. The van der Waals surface area contributed by atoms with E-state index >= 15 is 0 Å². The number of aromatic nitrogens is 1. The molecule has 3 rings (SSSR count). The molecule has 1 N–H and O–H groups in total. The average molecular weight is 280 g/mol. The van der Waals surface area contributed by atoms with E-state index in [0.29, 0.717) is 6.04 Å². The molecule has 0 aliphatic rings. The molecular formula is C18H20N2O. The van der Waals surface area contributed by atoms with Crippen LogP contribution in [-0.2, 0) is 13.0 Å². The Bertz CT molecular complexity index is 686. The minimum atomic E-state index is 0.451. The monoisotopic (exact) mass is 280 g/mol. The molecule has 21 heavy (non-hydrogen) atoms. The predicted molar refractivity (Wildman–Crippen MR) is 85.1 cm³/mol. The Morgan fingerprint density at radius 2 is 2.14 bits per heavy atom. The largest absolute Gasteiger partial charge is 0.469 e. The van der Waals surface area contributed by atoms with Crippen LogP contribution in [0.1, 0.15) is 24.7 Å². The fourth-order valence-electron chi connectivity index (χ4n) is 2.54. The van der Waals surface area contributed by atoms with Gasteiger partial charge < -0.3 is 9.73 Å². The van der Waals surface area contributed by atoms with Crippen LogP contribution < -0.4 is 5.32 Å². The van der Waals surface area contributed by atoms with Gasteiger partial charge in [0.05, 0.1) is 6.26 Å². The summed E-state index contributed by atoms with van der Waals surface area (Å²) in [6.45, 7) is 3.09. The third-order valence-electron chi connectivity index (χ3n) is 3.82. The molecule has 1 unspecified atom stereocenters. The van der Waals surface area contributed by atoms with E-state index in [1.807, 2.05) is 24.5 Å². The Morgan fingerprint density at radius 1 is 1.19 bits per heavy atom. The number of aryl methyl sites for hydroxylation is 1. The van der Waals surface area contributed by atoms with Crippen LogP contribution in [0.3, 0.4) is 0 Å². The fraction of sp³-hybridized carbons (Fsp3) is 0.278. The Morgan fingerprint density at radius 3 is 3.00 bits per heavy atom. The minimum absolute atomic E-state index is 0.451. The Hall–Kier alpha value is -2.13. The molecule has 1 aromatic carbocycles. The van der Waals surface area contributed by atoms with Crippen molar-refractivity contribution in [1.82, 2.24) is 10.3 Å². The lowest BCUT2D eigenvalue weighted by molar-refractivity contribution is 0.460. The number of benzene rings is 1. The number of pyridine rings is 1. The standard InChI is InChI=1S/C18H20N2O/c1-14(7-8-17-6-3-11-21-17)20-13-16-5-2-4-15-12-19-10-9-18(15)16/h2-6,9-12,14,20H,7-8,13H2,1H3. The molecule has 108 valence electrons. The van der Waals surface area contributed by atoms with Crippen molar-refractivity contribution >= 4 is 10.8 Å². The molecule has 0 radical (unpaired) electrons. The van der Waals surface area contributed by atoms with E-state index in [0.717, 1.165) is 25.1 Å². The maximum absolute atomic E-state index is 5.37. The van der Waals surface area contributed by atoms with Crippen LogP contribution in [0.2, 0.25) is 0 Å². The topological polar surface area (TPSA) is 38.1 Å². The second kappa shape index (κ2) is 6.55. The zero-order valence-corrected chi connectivity index (χ0v) is 12.3. The van der Waals surface area contributed by atoms with E-state index in [1.54, 1.807) is 6.26 Å². The van der Waals surface area contributed by atoms with Crippen molar-refractivity contribution in [2.75, 3.05) is 0 Å². The highest BCUT2D eigenvalue weighted by atomic mass is 16.3. The van der Waals surface area contributed by atoms with Gasteiger partial charge in [-0.2, -0.15) is 0 Å². The lowest BCUT2D eigenvalue weighted by Gasteiger charge is -2.14. The Balaban J connectivity index is 1.58. The Kier molecular flexibility index (Phi) is 4.31. The summed E-state index contributed by atoms with van der Waals surface area (Å²) in [5.74, 6) is 1.06. The van der Waals surface area contributed by atoms with E-state index in [1.165, 1.54) is 16.3 Å². The molecule has 3 nitrogen and oxygen atoms in total. The van der Waals surface area contributed by atoms with Crippen LogP contribution in [0.25, 0.3) is 10.8 Å². The minimum Gasteiger partial charge on any atom is -0.469 e. The molecule has 0 saturated heterocycles. The summed E-state index contributed by atoms with van der Waals surface area (Å²) in [6.07, 6.45) is 7.55. The first-order valence-corrected chi connectivity index (χ1v) is 7.40. The van der Waals surface area contributed by atoms with Crippen LogP contribution in [0, 0.1) is 0 Å². The number of nitrogens with zero attached hydrogens (tertiary/aromatic N) is 1. The van der Waals surface area contributed by atoms with Crippen LogP contribution in [0.4, 0.5) is 0 Å². The molecule has 2 heterocycles. The van der Waals surface area contributed by atoms with Gasteiger partial charge in [0.25, 0.3) is 0 Å². The van der Waals surface area contributed by atoms with Crippen LogP contribution in [0.15, 0.2) is 59.5 Å². The number of nitrogens with one attached hydrogen (secondary N) is 1. The van der Waals surface area contributed by atoms with E-state index < -0.39 is 0 Å². The van der Waals surface area contributed by atoms with Gasteiger partial charge in [-0.3, -0.25) is 4.98 Å². The van der Waals surface area contributed by atoms with Gasteiger partial charge >= 0.3 is 0 Å². The van der Waals surface area contributed by atoms with Crippen molar-refractivity contribution in [3.63, 3.8) is 0 Å². The lowest BCUT2D eigenvalue weighted by Crippen LogP contribution is -2.26. The number of hydrogen-bond donors (Lipinski definition) is 1. The molecule has 3 heteroatoms. The summed E-state index contributed by atoms with van der Waals surface area (Å²) >= 11 is 0. The molecule has 1 atom stereocenters. The molecule has 2 aromatic heterocycles. The third-order valence-corrected chi connectivity index (χ3v) is 3.82. The van der Waals surface area contributed by atoms with Crippen LogP contribution >= 0.6 is 0 Å².